The summed E-state index contributed by atoms with van der Waals surface area (Å²) in [5.74, 6) is 1.33. The molecule has 1 aliphatic carbocycles. The lowest BCUT2D eigenvalue weighted by atomic mass is 9.85. The SMILES string of the molecule is Cc1cc(C(=O)NCC2(O)CCCCC2)c(C)n1-c1ccc2c(c1)OCCO2. The zero-order valence-electron chi connectivity index (χ0n) is 16.6. The molecule has 0 atom stereocenters. The highest BCUT2D eigenvalue weighted by molar-refractivity contribution is 5.96. The van der Waals surface area contributed by atoms with Crippen LogP contribution in [0.4, 0.5) is 0 Å². The van der Waals surface area contributed by atoms with Gasteiger partial charge in [0.1, 0.15) is 13.2 Å². The van der Waals surface area contributed by atoms with Gasteiger partial charge in [-0.15, -0.1) is 0 Å². The van der Waals surface area contributed by atoms with E-state index in [0.29, 0.717) is 25.3 Å². The van der Waals surface area contributed by atoms with Gasteiger partial charge in [-0.1, -0.05) is 19.3 Å². The molecule has 0 spiro atoms. The quantitative estimate of drug-likeness (QED) is 0.848. The molecule has 1 saturated carbocycles. The van der Waals surface area contributed by atoms with E-state index in [2.05, 4.69) is 5.32 Å². The van der Waals surface area contributed by atoms with E-state index in [9.17, 15) is 9.90 Å². The van der Waals surface area contributed by atoms with Gasteiger partial charge in [0.2, 0.25) is 0 Å². The summed E-state index contributed by atoms with van der Waals surface area (Å²) in [6, 6.07) is 7.72. The van der Waals surface area contributed by atoms with E-state index in [0.717, 1.165) is 60.7 Å². The zero-order chi connectivity index (χ0) is 19.7. The number of aromatic nitrogens is 1. The molecule has 28 heavy (non-hydrogen) atoms. The summed E-state index contributed by atoms with van der Waals surface area (Å²) in [4.78, 5) is 12.8. The number of rotatable bonds is 4. The second-order valence-corrected chi connectivity index (χ2v) is 7.92. The lowest BCUT2D eigenvalue weighted by molar-refractivity contribution is 0.00525. The van der Waals surface area contributed by atoms with Gasteiger partial charge in [0, 0.05) is 29.7 Å². The van der Waals surface area contributed by atoms with Crippen LogP contribution in [0.25, 0.3) is 5.69 Å². The molecule has 1 aromatic heterocycles. The van der Waals surface area contributed by atoms with Crippen molar-refractivity contribution >= 4 is 5.91 Å². The molecule has 150 valence electrons. The topological polar surface area (TPSA) is 72.7 Å². The van der Waals surface area contributed by atoms with Crippen LogP contribution in [0.15, 0.2) is 24.3 Å². The van der Waals surface area contributed by atoms with Crippen LogP contribution in [-0.4, -0.2) is 40.9 Å². The largest absolute Gasteiger partial charge is 0.486 e. The van der Waals surface area contributed by atoms with Crippen LogP contribution in [-0.2, 0) is 0 Å². The fraction of sp³-hybridized carbons (Fsp3) is 0.500. The molecule has 1 aliphatic heterocycles. The minimum absolute atomic E-state index is 0.143. The first-order valence-electron chi connectivity index (χ1n) is 10.1. The van der Waals surface area contributed by atoms with Crippen molar-refractivity contribution in [1.29, 1.82) is 0 Å². The number of aryl methyl sites for hydroxylation is 1. The Labute approximate surface area is 165 Å². The van der Waals surface area contributed by atoms with Crippen LogP contribution in [0, 0.1) is 13.8 Å². The van der Waals surface area contributed by atoms with Crippen molar-refractivity contribution in [3.63, 3.8) is 0 Å². The van der Waals surface area contributed by atoms with Gasteiger partial charge in [0.15, 0.2) is 11.5 Å². The van der Waals surface area contributed by atoms with Crippen LogP contribution in [0.3, 0.4) is 0 Å². The van der Waals surface area contributed by atoms with Crippen LogP contribution in [0.2, 0.25) is 0 Å². The third-order valence-corrected chi connectivity index (χ3v) is 5.82. The molecule has 6 nitrogen and oxygen atoms in total. The molecular formula is C22H28N2O4. The first kappa shape index (κ1) is 18.9. The average molecular weight is 384 g/mol. The van der Waals surface area contributed by atoms with Crippen molar-refractivity contribution in [2.75, 3.05) is 19.8 Å². The van der Waals surface area contributed by atoms with E-state index in [4.69, 9.17) is 9.47 Å². The number of nitrogens with one attached hydrogen (secondary N) is 1. The fourth-order valence-electron chi connectivity index (χ4n) is 4.29. The maximum Gasteiger partial charge on any atom is 0.253 e. The smallest absolute Gasteiger partial charge is 0.253 e. The standard InChI is InChI=1S/C22H28N2O4/c1-15-12-18(21(25)23-14-22(26)8-4-3-5-9-22)16(2)24(15)17-6-7-19-20(13-17)28-11-10-27-19/h6-7,12-13,26H,3-5,8-11,14H2,1-2H3,(H,23,25). The second kappa shape index (κ2) is 7.51. The molecule has 1 aromatic carbocycles. The number of carbonyl (C=O) groups excluding carboxylic acids is 1. The van der Waals surface area contributed by atoms with E-state index in [1.807, 2.05) is 42.7 Å². The molecule has 6 heteroatoms. The van der Waals surface area contributed by atoms with Crippen LogP contribution >= 0.6 is 0 Å². The van der Waals surface area contributed by atoms with Gasteiger partial charge in [-0.25, -0.2) is 0 Å². The Morgan fingerprint density at radius 1 is 1.11 bits per heavy atom. The van der Waals surface area contributed by atoms with Gasteiger partial charge in [-0.05, 0) is 44.9 Å². The maximum absolute atomic E-state index is 12.8. The van der Waals surface area contributed by atoms with Crippen LogP contribution in [0.1, 0.15) is 53.8 Å². The third kappa shape index (κ3) is 3.61. The number of ether oxygens (including phenoxy) is 2. The molecule has 0 saturated heterocycles. The third-order valence-electron chi connectivity index (χ3n) is 5.82. The Morgan fingerprint density at radius 2 is 1.82 bits per heavy atom. The van der Waals surface area contributed by atoms with Crippen molar-refractivity contribution < 1.29 is 19.4 Å². The maximum atomic E-state index is 12.8. The zero-order valence-corrected chi connectivity index (χ0v) is 16.6. The lowest BCUT2D eigenvalue weighted by Gasteiger charge is -2.32. The van der Waals surface area contributed by atoms with E-state index in [1.165, 1.54) is 0 Å². The number of amides is 1. The molecule has 2 aromatic rings. The van der Waals surface area contributed by atoms with Crippen LogP contribution in [0.5, 0.6) is 11.5 Å². The normalized spacial score (nSPS) is 18.0. The highest BCUT2D eigenvalue weighted by atomic mass is 16.6. The highest BCUT2D eigenvalue weighted by Crippen LogP contribution is 2.33. The number of hydrogen-bond acceptors (Lipinski definition) is 4. The Kier molecular flexibility index (Phi) is 5.06. The summed E-state index contributed by atoms with van der Waals surface area (Å²) >= 11 is 0. The van der Waals surface area contributed by atoms with Crippen LogP contribution < -0.4 is 14.8 Å². The predicted octanol–water partition coefficient (Wildman–Crippen LogP) is 3.29. The minimum Gasteiger partial charge on any atom is -0.486 e. The fourth-order valence-corrected chi connectivity index (χ4v) is 4.29. The summed E-state index contributed by atoms with van der Waals surface area (Å²) in [7, 11) is 0. The number of benzene rings is 1. The van der Waals surface area contributed by atoms with Gasteiger partial charge in [0.25, 0.3) is 5.91 Å². The van der Waals surface area contributed by atoms with Crippen molar-refractivity contribution in [2.24, 2.45) is 0 Å². The molecule has 2 aliphatic rings. The Bertz CT molecular complexity index is 881. The van der Waals surface area contributed by atoms with Crippen molar-refractivity contribution in [3.8, 4) is 17.2 Å². The van der Waals surface area contributed by atoms with E-state index in [-0.39, 0.29) is 5.91 Å². The lowest BCUT2D eigenvalue weighted by Crippen LogP contribution is -2.44. The molecule has 4 rings (SSSR count). The Morgan fingerprint density at radius 3 is 2.57 bits per heavy atom. The summed E-state index contributed by atoms with van der Waals surface area (Å²) in [5, 5.41) is 13.6. The van der Waals surface area contributed by atoms with Gasteiger partial charge in [-0.3, -0.25) is 4.79 Å². The Balaban J connectivity index is 1.54. The van der Waals surface area contributed by atoms with Gasteiger partial charge in [-0.2, -0.15) is 0 Å². The number of aliphatic hydroxyl groups is 1. The summed E-state index contributed by atoms with van der Waals surface area (Å²) < 4.78 is 13.3. The van der Waals surface area contributed by atoms with Crippen molar-refractivity contribution in [3.05, 3.63) is 41.2 Å². The molecule has 1 fully saturated rings. The molecule has 2 heterocycles. The minimum atomic E-state index is -0.769. The number of nitrogens with zero attached hydrogens (tertiary/aromatic N) is 1. The van der Waals surface area contributed by atoms with Gasteiger partial charge < -0.3 is 24.5 Å². The molecule has 1 amide bonds. The number of hydrogen-bond donors (Lipinski definition) is 2. The van der Waals surface area contributed by atoms with E-state index < -0.39 is 5.60 Å². The first-order valence-corrected chi connectivity index (χ1v) is 10.1. The molecular weight excluding hydrogens is 356 g/mol. The van der Waals surface area contributed by atoms with Crippen molar-refractivity contribution in [2.45, 2.75) is 51.6 Å². The second-order valence-electron chi connectivity index (χ2n) is 7.92. The first-order chi connectivity index (χ1) is 13.5. The van der Waals surface area contributed by atoms with Gasteiger partial charge in [0.05, 0.1) is 11.2 Å². The monoisotopic (exact) mass is 384 g/mol. The van der Waals surface area contributed by atoms with Crippen molar-refractivity contribution in [1.82, 2.24) is 9.88 Å². The highest BCUT2D eigenvalue weighted by Gasteiger charge is 2.30. The summed E-state index contributed by atoms with van der Waals surface area (Å²) in [6.07, 6.45) is 4.70. The summed E-state index contributed by atoms with van der Waals surface area (Å²) in [6.45, 7) is 5.32. The predicted molar refractivity (Wildman–Crippen MR) is 107 cm³/mol. The van der Waals surface area contributed by atoms with E-state index in [1.54, 1.807) is 0 Å². The summed E-state index contributed by atoms with van der Waals surface area (Å²) in [5.41, 5.74) is 2.63. The molecule has 0 unspecified atom stereocenters. The van der Waals surface area contributed by atoms with E-state index >= 15 is 0 Å². The molecule has 0 bridgehead atoms. The number of fused-ring (bicyclic) bond motifs is 1. The average Bonchev–Trinajstić information content (AvgIpc) is 3.00. The van der Waals surface area contributed by atoms with Gasteiger partial charge >= 0.3 is 0 Å². The molecule has 0 radical (unpaired) electrons. The Hall–Kier alpha value is -2.47. The number of carbonyl (C=O) groups is 1. The molecule has 2 N–H and O–H groups in total.